The lowest BCUT2D eigenvalue weighted by Crippen LogP contribution is -2.48. The summed E-state index contributed by atoms with van der Waals surface area (Å²) < 4.78 is 24.2. The van der Waals surface area contributed by atoms with Crippen molar-refractivity contribution >= 4 is 21.6 Å². The first-order chi connectivity index (χ1) is 9.01. The summed E-state index contributed by atoms with van der Waals surface area (Å²) in [6.45, 7) is 11.2. The van der Waals surface area contributed by atoms with Crippen molar-refractivity contribution in [2.75, 3.05) is 43.4 Å². The van der Waals surface area contributed by atoms with E-state index in [1.54, 1.807) is 18.7 Å². The van der Waals surface area contributed by atoms with Gasteiger partial charge in [0.25, 0.3) is 0 Å². The molecule has 1 aliphatic heterocycles. The first-order valence-corrected chi connectivity index (χ1v) is 9.79. The number of nitrogens with one attached hydrogen (secondary N) is 1. The Morgan fingerprint density at radius 1 is 1.47 bits per heavy atom. The lowest BCUT2D eigenvalue weighted by Gasteiger charge is -2.35. The second-order valence-corrected chi connectivity index (χ2v) is 8.48. The van der Waals surface area contributed by atoms with Crippen molar-refractivity contribution in [3.05, 3.63) is 12.2 Å². The van der Waals surface area contributed by atoms with Crippen LogP contribution in [0.25, 0.3) is 0 Å². The summed E-state index contributed by atoms with van der Waals surface area (Å²) in [6, 6.07) is 0. The maximum absolute atomic E-state index is 12.1. The average Bonchev–Trinajstić information content (AvgIpc) is 2.39. The standard InChI is InChI=1S/C13H26N2O2S2/c1-4-6-14-9-12(3)10-15-7-8-18-11-13(15)19(16,17)5-2/h13-14H,3-11H2,1-2H3. The number of nitrogens with zero attached hydrogens (tertiary/aromatic N) is 1. The van der Waals surface area contributed by atoms with Gasteiger partial charge < -0.3 is 5.32 Å². The number of sulfone groups is 1. The minimum atomic E-state index is -3.00. The molecule has 1 fully saturated rings. The molecule has 112 valence electrons. The maximum atomic E-state index is 12.1. The molecule has 0 spiro atoms. The molecule has 1 N–H and O–H groups in total. The Labute approximate surface area is 121 Å². The zero-order chi connectivity index (χ0) is 14.3. The Balaban J connectivity index is 2.55. The molecule has 0 radical (unpaired) electrons. The van der Waals surface area contributed by atoms with E-state index in [1.807, 2.05) is 0 Å². The van der Waals surface area contributed by atoms with Gasteiger partial charge in [0.1, 0.15) is 5.37 Å². The molecule has 1 rings (SSSR count). The molecule has 4 nitrogen and oxygen atoms in total. The van der Waals surface area contributed by atoms with Crippen molar-refractivity contribution in [3.63, 3.8) is 0 Å². The molecule has 0 saturated carbocycles. The van der Waals surface area contributed by atoms with Crippen LogP contribution in [0.5, 0.6) is 0 Å². The van der Waals surface area contributed by atoms with Gasteiger partial charge in [-0.3, -0.25) is 4.90 Å². The molecule has 0 aromatic heterocycles. The third-order valence-corrected chi connectivity index (χ3v) is 6.57. The quantitative estimate of drug-likeness (QED) is 0.542. The SMILES string of the molecule is C=C(CNCCC)CN1CCSCC1S(=O)(=O)CC. The Bertz CT molecular complexity index is 382. The fourth-order valence-electron chi connectivity index (χ4n) is 2.10. The lowest BCUT2D eigenvalue weighted by atomic mass is 10.2. The number of hydrogen-bond acceptors (Lipinski definition) is 5. The molecular weight excluding hydrogens is 280 g/mol. The summed E-state index contributed by atoms with van der Waals surface area (Å²) >= 11 is 1.73. The van der Waals surface area contributed by atoms with Crippen LogP contribution >= 0.6 is 11.8 Å². The predicted octanol–water partition coefficient (Wildman–Crippen LogP) is 1.35. The lowest BCUT2D eigenvalue weighted by molar-refractivity contribution is 0.290. The van der Waals surface area contributed by atoms with E-state index < -0.39 is 9.84 Å². The second kappa shape index (κ2) is 8.29. The van der Waals surface area contributed by atoms with E-state index in [0.29, 0.717) is 12.3 Å². The van der Waals surface area contributed by atoms with Crippen LogP contribution in [0.2, 0.25) is 0 Å². The van der Waals surface area contributed by atoms with Gasteiger partial charge >= 0.3 is 0 Å². The predicted molar refractivity (Wildman–Crippen MR) is 84.4 cm³/mol. The molecule has 0 aliphatic carbocycles. The molecule has 19 heavy (non-hydrogen) atoms. The summed E-state index contributed by atoms with van der Waals surface area (Å²) in [5, 5.41) is 2.98. The Kier molecular flexibility index (Phi) is 7.42. The maximum Gasteiger partial charge on any atom is 0.166 e. The van der Waals surface area contributed by atoms with Gasteiger partial charge in [0.2, 0.25) is 0 Å². The molecule has 0 aromatic rings. The van der Waals surface area contributed by atoms with Gasteiger partial charge in [-0.2, -0.15) is 11.8 Å². The van der Waals surface area contributed by atoms with Crippen LogP contribution in [0.15, 0.2) is 12.2 Å². The zero-order valence-corrected chi connectivity index (χ0v) is 13.7. The van der Waals surface area contributed by atoms with E-state index in [0.717, 1.165) is 37.4 Å². The minimum absolute atomic E-state index is 0.218. The summed E-state index contributed by atoms with van der Waals surface area (Å²) in [5.74, 6) is 1.91. The third-order valence-electron chi connectivity index (χ3n) is 3.24. The van der Waals surface area contributed by atoms with Crippen LogP contribution in [0, 0.1) is 0 Å². The van der Waals surface area contributed by atoms with E-state index >= 15 is 0 Å². The molecule has 1 saturated heterocycles. The Morgan fingerprint density at radius 3 is 2.84 bits per heavy atom. The largest absolute Gasteiger partial charge is 0.313 e. The molecule has 1 atom stereocenters. The Hall–Kier alpha value is -0.0400. The minimum Gasteiger partial charge on any atom is -0.313 e. The van der Waals surface area contributed by atoms with Gasteiger partial charge in [0, 0.05) is 36.9 Å². The topological polar surface area (TPSA) is 49.4 Å². The van der Waals surface area contributed by atoms with Crippen molar-refractivity contribution in [1.82, 2.24) is 10.2 Å². The third kappa shape index (κ3) is 5.45. The molecule has 0 bridgehead atoms. The van der Waals surface area contributed by atoms with Gasteiger partial charge in [-0.15, -0.1) is 0 Å². The van der Waals surface area contributed by atoms with E-state index in [4.69, 9.17) is 0 Å². The van der Waals surface area contributed by atoms with E-state index in [-0.39, 0.29) is 11.1 Å². The molecule has 1 aliphatic rings. The number of rotatable bonds is 8. The average molecular weight is 306 g/mol. The number of thioether (sulfide) groups is 1. The Morgan fingerprint density at radius 2 is 2.21 bits per heavy atom. The van der Waals surface area contributed by atoms with Gasteiger partial charge in [0.15, 0.2) is 9.84 Å². The van der Waals surface area contributed by atoms with Crippen molar-refractivity contribution in [3.8, 4) is 0 Å². The van der Waals surface area contributed by atoms with Crippen molar-refractivity contribution in [2.45, 2.75) is 25.6 Å². The van der Waals surface area contributed by atoms with Crippen LogP contribution < -0.4 is 5.32 Å². The monoisotopic (exact) mass is 306 g/mol. The fraction of sp³-hybridized carbons (Fsp3) is 0.846. The van der Waals surface area contributed by atoms with Crippen molar-refractivity contribution in [2.24, 2.45) is 0 Å². The van der Waals surface area contributed by atoms with Gasteiger partial charge in [-0.05, 0) is 18.5 Å². The van der Waals surface area contributed by atoms with Gasteiger partial charge in [-0.25, -0.2) is 8.42 Å². The first-order valence-electron chi connectivity index (χ1n) is 6.92. The zero-order valence-electron chi connectivity index (χ0n) is 12.0. The fourth-order valence-corrected chi connectivity index (χ4v) is 5.18. The van der Waals surface area contributed by atoms with Crippen LogP contribution in [0.1, 0.15) is 20.3 Å². The molecule has 0 amide bonds. The van der Waals surface area contributed by atoms with Gasteiger partial charge in [0.05, 0.1) is 0 Å². The number of hydrogen-bond donors (Lipinski definition) is 1. The van der Waals surface area contributed by atoms with Crippen LogP contribution in [-0.2, 0) is 9.84 Å². The van der Waals surface area contributed by atoms with E-state index in [9.17, 15) is 8.42 Å². The summed E-state index contributed by atoms with van der Waals surface area (Å²) in [7, 11) is -3.00. The highest BCUT2D eigenvalue weighted by atomic mass is 32.2. The summed E-state index contributed by atoms with van der Waals surface area (Å²) in [4.78, 5) is 2.07. The summed E-state index contributed by atoms with van der Waals surface area (Å²) in [5.41, 5.74) is 1.07. The summed E-state index contributed by atoms with van der Waals surface area (Å²) in [6.07, 6.45) is 1.10. The molecule has 1 heterocycles. The van der Waals surface area contributed by atoms with Gasteiger partial charge in [-0.1, -0.05) is 20.4 Å². The molecule has 1 unspecified atom stereocenters. The van der Waals surface area contributed by atoms with Crippen LogP contribution in [0.4, 0.5) is 0 Å². The highest BCUT2D eigenvalue weighted by Crippen LogP contribution is 2.21. The molecular formula is C13H26N2O2S2. The van der Waals surface area contributed by atoms with E-state index in [2.05, 4.69) is 23.7 Å². The van der Waals surface area contributed by atoms with Crippen LogP contribution in [-0.4, -0.2) is 62.1 Å². The second-order valence-electron chi connectivity index (χ2n) is 4.88. The van der Waals surface area contributed by atoms with Crippen molar-refractivity contribution in [1.29, 1.82) is 0 Å². The van der Waals surface area contributed by atoms with Crippen molar-refractivity contribution < 1.29 is 8.42 Å². The van der Waals surface area contributed by atoms with E-state index in [1.165, 1.54) is 0 Å². The highest BCUT2D eigenvalue weighted by molar-refractivity contribution is 8.01. The highest BCUT2D eigenvalue weighted by Gasteiger charge is 2.32. The van der Waals surface area contributed by atoms with Crippen LogP contribution in [0.3, 0.4) is 0 Å². The molecule has 0 aromatic carbocycles. The molecule has 6 heteroatoms. The normalized spacial score (nSPS) is 21.5. The smallest absolute Gasteiger partial charge is 0.166 e. The first kappa shape index (κ1) is 17.0.